The second-order valence-corrected chi connectivity index (χ2v) is 4.24. The number of aryl methyl sites for hydroxylation is 1. The predicted molar refractivity (Wildman–Crippen MR) is 68.0 cm³/mol. The Labute approximate surface area is 106 Å². The summed E-state index contributed by atoms with van der Waals surface area (Å²) in [5.41, 5.74) is 1.89. The Balaban J connectivity index is 2.31. The molecule has 4 nitrogen and oxygen atoms in total. The number of halogens is 1. The molecule has 0 aliphatic rings. The first kappa shape index (κ1) is 12.1. The Bertz CT molecular complexity index is 478. The van der Waals surface area contributed by atoms with Gasteiger partial charge in [0.05, 0.1) is 22.5 Å². The zero-order valence-electron chi connectivity index (χ0n) is 9.89. The van der Waals surface area contributed by atoms with Crippen LogP contribution in [0.4, 0.5) is 0 Å². The van der Waals surface area contributed by atoms with Crippen molar-refractivity contribution in [2.45, 2.75) is 13.0 Å². The molecule has 0 amide bonds. The molecule has 0 aromatic carbocycles. The first-order valence-electron chi connectivity index (χ1n) is 5.55. The fraction of sp³-hybridized carbons (Fsp3) is 0.333. The third-order valence-electron chi connectivity index (χ3n) is 2.48. The summed E-state index contributed by atoms with van der Waals surface area (Å²) < 4.78 is 1.79. The molecule has 90 valence electrons. The van der Waals surface area contributed by atoms with E-state index in [0.717, 1.165) is 17.9 Å². The van der Waals surface area contributed by atoms with E-state index in [2.05, 4.69) is 22.3 Å². The van der Waals surface area contributed by atoms with Gasteiger partial charge in [0.25, 0.3) is 0 Å². The molecule has 17 heavy (non-hydrogen) atoms. The van der Waals surface area contributed by atoms with E-state index in [4.69, 9.17) is 11.6 Å². The van der Waals surface area contributed by atoms with Gasteiger partial charge in [0.2, 0.25) is 0 Å². The first-order chi connectivity index (χ1) is 8.20. The van der Waals surface area contributed by atoms with E-state index in [1.54, 1.807) is 10.9 Å². The average Bonchev–Trinajstić information content (AvgIpc) is 2.74. The van der Waals surface area contributed by atoms with Crippen LogP contribution in [0.1, 0.15) is 24.4 Å². The molecule has 0 aliphatic carbocycles. The van der Waals surface area contributed by atoms with Gasteiger partial charge >= 0.3 is 0 Å². The van der Waals surface area contributed by atoms with Crippen LogP contribution in [0.2, 0.25) is 5.02 Å². The van der Waals surface area contributed by atoms with Crippen molar-refractivity contribution >= 4 is 11.6 Å². The van der Waals surface area contributed by atoms with E-state index in [1.807, 2.05) is 31.4 Å². The van der Waals surface area contributed by atoms with Gasteiger partial charge in [-0.3, -0.25) is 9.67 Å². The van der Waals surface area contributed by atoms with Crippen molar-refractivity contribution in [2.24, 2.45) is 7.05 Å². The summed E-state index contributed by atoms with van der Waals surface area (Å²) in [6.45, 7) is 2.91. The van der Waals surface area contributed by atoms with Crippen LogP contribution in [0.15, 0.2) is 30.6 Å². The molecule has 0 saturated heterocycles. The van der Waals surface area contributed by atoms with Crippen molar-refractivity contribution in [2.75, 3.05) is 6.54 Å². The Morgan fingerprint density at radius 2 is 2.18 bits per heavy atom. The molecule has 1 atom stereocenters. The van der Waals surface area contributed by atoms with Crippen molar-refractivity contribution in [3.8, 4) is 0 Å². The summed E-state index contributed by atoms with van der Waals surface area (Å²) in [7, 11) is 1.90. The maximum atomic E-state index is 5.84. The van der Waals surface area contributed by atoms with Crippen LogP contribution in [0, 0.1) is 0 Å². The van der Waals surface area contributed by atoms with Crippen LogP contribution in [0.5, 0.6) is 0 Å². The van der Waals surface area contributed by atoms with Crippen LogP contribution >= 0.6 is 11.6 Å². The molecule has 1 unspecified atom stereocenters. The van der Waals surface area contributed by atoms with E-state index >= 15 is 0 Å². The van der Waals surface area contributed by atoms with E-state index in [-0.39, 0.29) is 6.04 Å². The Hall–Kier alpha value is -1.39. The van der Waals surface area contributed by atoms with Gasteiger partial charge in [0.15, 0.2) is 0 Å². The van der Waals surface area contributed by atoms with E-state index in [9.17, 15) is 0 Å². The van der Waals surface area contributed by atoms with E-state index in [1.165, 1.54) is 0 Å². The van der Waals surface area contributed by atoms with E-state index < -0.39 is 0 Å². The third-order valence-corrected chi connectivity index (χ3v) is 2.71. The zero-order valence-corrected chi connectivity index (χ0v) is 10.6. The maximum Gasteiger partial charge on any atom is 0.0943 e. The summed E-state index contributed by atoms with van der Waals surface area (Å²) in [5, 5.41) is 8.42. The minimum Gasteiger partial charge on any atom is -0.304 e. The quantitative estimate of drug-likeness (QED) is 0.904. The van der Waals surface area contributed by atoms with Crippen molar-refractivity contribution in [3.63, 3.8) is 0 Å². The van der Waals surface area contributed by atoms with Gasteiger partial charge in [-0.05, 0) is 24.7 Å². The summed E-state index contributed by atoms with van der Waals surface area (Å²) >= 11 is 5.84. The lowest BCUT2D eigenvalue weighted by molar-refractivity contribution is 0.587. The summed E-state index contributed by atoms with van der Waals surface area (Å²) in [6.07, 6.45) is 3.58. The van der Waals surface area contributed by atoms with Gasteiger partial charge in [-0.2, -0.15) is 5.10 Å². The summed E-state index contributed by atoms with van der Waals surface area (Å²) in [6, 6.07) is 5.77. The second-order valence-electron chi connectivity index (χ2n) is 3.81. The highest BCUT2D eigenvalue weighted by Crippen LogP contribution is 2.19. The van der Waals surface area contributed by atoms with Crippen LogP contribution in [-0.4, -0.2) is 21.3 Å². The topological polar surface area (TPSA) is 42.7 Å². The third kappa shape index (κ3) is 2.84. The molecule has 5 heteroatoms. The van der Waals surface area contributed by atoms with Crippen LogP contribution < -0.4 is 5.32 Å². The zero-order chi connectivity index (χ0) is 12.3. The lowest BCUT2D eigenvalue weighted by Crippen LogP contribution is -2.23. The summed E-state index contributed by atoms with van der Waals surface area (Å²) in [5.74, 6) is 0. The predicted octanol–water partition coefficient (Wildman–Crippen LogP) is 2.17. The van der Waals surface area contributed by atoms with Gasteiger partial charge in [0, 0.05) is 19.4 Å². The molecule has 0 radical (unpaired) electrons. The lowest BCUT2D eigenvalue weighted by atomic mass is 10.1. The van der Waals surface area contributed by atoms with E-state index in [0.29, 0.717) is 5.02 Å². The van der Waals surface area contributed by atoms with Crippen molar-refractivity contribution in [3.05, 3.63) is 47.0 Å². The van der Waals surface area contributed by atoms with Gasteiger partial charge in [0.1, 0.15) is 0 Å². The number of hydrogen-bond donors (Lipinski definition) is 1. The Kier molecular flexibility index (Phi) is 3.76. The minimum atomic E-state index is 0.0125. The number of rotatable bonds is 4. The highest BCUT2D eigenvalue weighted by Gasteiger charge is 2.16. The number of nitrogens with zero attached hydrogens (tertiary/aromatic N) is 3. The molecule has 2 heterocycles. The van der Waals surface area contributed by atoms with Crippen molar-refractivity contribution < 1.29 is 0 Å². The highest BCUT2D eigenvalue weighted by molar-refractivity contribution is 6.30. The van der Waals surface area contributed by atoms with Gasteiger partial charge in [-0.1, -0.05) is 18.5 Å². The smallest absolute Gasteiger partial charge is 0.0943 e. The van der Waals surface area contributed by atoms with Gasteiger partial charge in [-0.15, -0.1) is 0 Å². The fourth-order valence-electron chi connectivity index (χ4n) is 1.71. The summed E-state index contributed by atoms with van der Waals surface area (Å²) in [4.78, 5) is 4.34. The minimum absolute atomic E-state index is 0.0125. The lowest BCUT2D eigenvalue weighted by Gasteiger charge is -2.14. The number of aromatic nitrogens is 3. The van der Waals surface area contributed by atoms with Crippen LogP contribution in [0.3, 0.4) is 0 Å². The van der Waals surface area contributed by atoms with Gasteiger partial charge < -0.3 is 5.32 Å². The van der Waals surface area contributed by atoms with Crippen LogP contribution in [0.25, 0.3) is 0 Å². The average molecular weight is 251 g/mol. The molecule has 0 fully saturated rings. The molecule has 0 bridgehead atoms. The van der Waals surface area contributed by atoms with Crippen molar-refractivity contribution in [1.29, 1.82) is 0 Å². The second kappa shape index (κ2) is 5.29. The molecule has 1 N–H and O–H groups in total. The normalized spacial score (nSPS) is 12.6. The molecule has 0 spiro atoms. The fourth-order valence-corrected chi connectivity index (χ4v) is 1.82. The standard InChI is InChI=1S/C12H15ClN4/c1-3-14-12(11-6-7-17(2)16-11)10-5-4-9(13)8-15-10/h4-8,12,14H,3H2,1-2H3. The highest BCUT2D eigenvalue weighted by atomic mass is 35.5. The Morgan fingerprint density at radius 3 is 2.71 bits per heavy atom. The Morgan fingerprint density at radius 1 is 1.35 bits per heavy atom. The number of nitrogens with one attached hydrogen (secondary N) is 1. The SMILES string of the molecule is CCNC(c1ccc(Cl)cn1)c1ccn(C)n1. The molecule has 0 saturated carbocycles. The largest absolute Gasteiger partial charge is 0.304 e. The van der Waals surface area contributed by atoms with Gasteiger partial charge in [-0.25, -0.2) is 0 Å². The molecule has 2 rings (SSSR count). The monoisotopic (exact) mass is 250 g/mol. The van der Waals surface area contributed by atoms with Crippen molar-refractivity contribution in [1.82, 2.24) is 20.1 Å². The molecular formula is C12H15ClN4. The molecule has 2 aromatic rings. The molecule has 2 aromatic heterocycles. The molecular weight excluding hydrogens is 236 g/mol. The first-order valence-corrected chi connectivity index (χ1v) is 5.93. The number of pyridine rings is 1. The molecule has 0 aliphatic heterocycles. The van der Waals surface area contributed by atoms with Crippen LogP contribution in [-0.2, 0) is 7.05 Å². The number of hydrogen-bond acceptors (Lipinski definition) is 3. The maximum absolute atomic E-state index is 5.84.